The van der Waals surface area contributed by atoms with Crippen LogP contribution in [0.3, 0.4) is 0 Å². The van der Waals surface area contributed by atoms with Gasteiger partial charge < -0.3 is 19.9 Å². The first-order chi connectivity index (χ1) is 14.8. The molecular weight excluding hydrogens is 441 g/mol. The second kappa shape index (κ2) is 8.43. The minimum absolute atomic E-state index is 0.140. The number of halogens is 2. The smallest absolute Gasteiger partial charge is 0.345 e. The summed E-state index contributed by atoms with van der Waals surface area (Å²) < 4.78 is 5.82. The Kier molecular flexibility index (Phi) is 5.69. The van der Waals surface area contributed by atoms with E-state index in [1.165, 1.54) is 6.07 Å². The summed E-state index contributed by atoms with van der Waals surface area (Å²) in [5, 5.41) is 21.7. The van der Waals surface area contributed by atoms with E-state index in [4.69, 9.17) is 27.9 Å². The number of aromatic nitrogens is 1. The number of aromatic amines is 1. The number of carboxylic acid groups (broad SMARTS) is 1. The van der Waals surface area contributed by atoms with Crippen molar-refractivity contribution in [3.05, 3.63) is 104 Å². The first-order valence-electron chi connectivity index (χ1n) is 9.13. The maximum atomic E-state index is 12.4. The fraction of sp³-hybridized carbons (Fsp3) is 0.0435. The summed E-state index contributed by atoms with van der Waals surface area (Å²) in [5.41, 5.74) is 0.0887. The molecule has 1 heterocycles. The molecule has 3 N–H and O–H groups in total. The normalized spacial score (nSPS) is 12.0. The highest BCUT2D eigenvalue weighted by molar-refractivity contribution is 6.30. The standard InChI is InChI=1S/C23H15Cl2NO5/c24-14-7-4-12(5-8-14)20(27)13-6-9-18-17(10-13)21(19(23(29)30)22(28)26-18)31-16-3-1-2-15(25)11-16/h1-11,20,27H,(H,26,28)(H,29,30). The number of H-pyrrole nitrogens is 1. The number of carbonyl (C=O) groups is 1. The summed E-state index contributed by atoms with van der Waals surface area (Å²) in [6, 6.07) is 17.9. The van der Waals surface area contributed by atoms with E-state index in [1.54, 1.807) is 60.7 Å². The third-order valence-corrected chi connectivity index (χ3v) is 5.21. The molecule has 4 rings (SSSR count). The van der Waals surface area contributed by atoms with Gasteiger partial charge in [-0.15, -0.1) is 0 Å². The fourth-order valence-corrected chi connectivity index (χ4v) is 3.54. The van der Waals surface area contributed by atoms with Gasteiger partial charge >= 0.3 is 5.97 Å². The Morgan fingerprint density at radius 2 is 1.65 bits per heavy atom. The summed E-state index contributed by atoms with van der Waals surface area (Å²) in [7, 11) is 0. The first kappa shape index (κ1) is 20.9. The molecule has 6 nitrogen and oxygen atoms in total. The molecule has 8 heteroatoms. The van der Waals surface area contributed by atoms with Gasteiger partial charge in [-0.05, 0) is 53.6 Å². The molecule has 0 saturated heterocycles. The van der Waals surface area contributed by atoms with Gasteiger partial charge in [0.05, 0.1) is 5.52 Å². The summed E-state index contributed by atoms with van der Waals surface area (Å²) in [6.07, 6.45) is -0.999. The highest BCUT2D eigenvalue weighted by atomic mass is 35.5. The summed E-state index contributed by atoms with van der Waals surface area (Å²) in [6.45, 7) is 0. The molecule has 0 radical (unpaired) electrons. The van der Waals surface area contributed by atoms with Crippen LogP contribution in [0.25, 0.3) is 10.9 Å². The maximum absolute atomic E-state index is 12.4. The topological polar surface area (TPSA) is 99.6 Å². The number of carboxylic acids is 1. The minimum atomic E-state index is -1.44. The van der Waals surface area contributed by atoms with E-state index in [-0.39, 0.29) is 11.5 Å². The van der Waals surface area contributed by atoms with Crippen LogP contribution in [0.2, 0.25) is 10.0 Å². The van der Waals surface area contributed by atoms with Crippen molar-refractivity contribution in [2.24, 2.45) is 0 Å². The number of hydrogen-bond acceptors (Lipinski definition) is 4. The number of nitrogens with one attached hydrogen (secondary N) is 1. The molecule has 1 aromatic heterocycles. The van der Waals surface area contributed by atoms with Crippen LogP contribution >= 0.6 is 23.2 Å². The number of pyridine rings is 1. The van der Waals surface area contributed by atoms with Gasteiger partial charge in [0.25, 0.3) is 5.56 Å². The fourth-order valence-electron chi connectivity index (χ4n) is 3.24. The van der Waals surface area contributed by atoms with E-state index in [9.17, 15) is 19.8 Å². The highest BCUT2D eigenvalue weighted by Crippen LogP contribution is 2.34. The molecule has 0 saturated carbocycles. The quantitative estimate of drug-likeness (QED) is 0.373. The molecule has 0 aliphatic carbocycles. The van der Waals surface area contributed by atoms with E-state index < -0.39 is 23.2 Å². The van der Waals surface area contributed by atoms with Crippen molar-refractivity contribution in [2.75, 3.05) is 0 Å². The average molecular weight is 456 g/mol. The molecule has 0 spiro atoms. The zero-order valence-corrected chi connectivity index (χ0v) is 17.3. The molecule has 156 valence electrons. The van der Waals surface area contributed by atoms with E-state index >= 15 is 0 Å². The van der Waals surface area contributed by atoms with Gasteiger partial charge in [-0.25, -0.2) is 4.79 Å². The summed E-state index contributed by atoms with van der Waals surface area (Å²) >= 11 is 11.9. The van der Waals surface area contributed by atoms with E-state index in [1.807, 2.05) is 0 Å². The van der Waals surface area contributed by atoms with Gasteiger partial charge in [-0.2, -0.15) is 0 Å². The Hall–Kier alpha value is -3.32. The van der Waals surface area contributed by atoms with Crippen LogP contribution in [-0.4, -0.2) is 21.2 Å². The molecule has 1 atom stereocenters. The molecule has 0 aliphatic rings. The number of aliphatic hydroxyl groups excluding tert-OH is 1. The molecule has 0 bridgehead atoms. The van der Waals surface area contributed by atoms with Crippen LogP contribution < -0.4 is 10.3 Å². The molecule has 4 aromatic rings. The Bertz CT molecular complexity index is 1350. The van der Waals surface area contributed by atoms with Crippen molar-refractivity contribution < 1.29 is 19.7 Å². The summed E-state index contributed by atoms with van der Waals surface area (Å²) in [5.74, 6) is -1.31. The Labute approximate surface area is 186 Å². The van der Waals surface area contributed by atoms with Crippen molar-refractivity contribution in [3.8, 4) is 11.5 Å². The van der Waals surface area contributed by atoms with E-state index in [0.29, 0.717) is 32.1 Å². The Balaban J connectivity index is 1.90. The molecule has 3 aromatic carbocycles. The van der Waals surface area contributed by atoms with Crippen LogP contribution in [0.4, 0.5) is 0 Å². The Morgan fingerprint density at radius 1 is 0.935 bits per heavy atom. The van der Waals surface area contributed by atoms with Crippen molar-refractivity contribution in [1.29, 1.82) is 0 Å². The van der Waals surface area contributed by atoms with Crippen LogP contribution in [0, 0.1) is 0 Å². The highest BCUT2D eigenvalue weighted by Gasteiger charge is 2.22. The number of rotatable bonds is 5. The number of benzene rings is 3. The lowest BCUT2D eigenvalue weighted by molar-refractivity contribution is 0.0692. The van der Waals surface area contributed by atoms with E-state index in [0.717, 1.165) is 0 Å². The van der Waals surface area contributed by atoms with Gasteiger partial charge in [0, 0.05) is 15.4 Å². The van der Waals surface area contributed by atoms with Gasteiger partial charge in [0.1, 0.15) is 11.9 Å². The van der Waals surface area contributed by atoms with Gasteiger partial charge in [0.15, 0.2) is 11.3 Å². The number of aliphatic hydroxyl groups is 1. The van der Waals surface area contributed by atoms with Crippen molar-refractivity contribution >= 4 is 40.1 Å². The average Bonchev–Trinajstić information content (AvgIpc) is 2.73. The number of ether oxygens (including phenoxy) is 1. The molecular formula is C23H15Cl2NO5. The maximum Gasteiger partial charge on any atom is 0.345 e. The number of aromatic carboxylic acids is 1. The van der Waals surface area contributed by atoms with Gasteiger partial charge in [-0.3, -0.25) is 4.79 Å². The van der Waals surface area contributed by atoms with E-state index in [2.05, 4.69) is 4.98 Å². The predicted molar refractivity (Wildman–Crippen MR) is 119 cm³/mol. The van der Waals surface area contributed by atoms with Crippen LogP contribution in [0.5, 0.6) is 11.5 Å². The SMILES string of the molecule is O=C(O)c1c(Oc2cccc(Cl)c2)c2cc(C(O)c3ccc(Cl)cc3)ccc2[nH]c1=O. The predicted octanol–water partition coefficient (Wildman–Crippen LogP) is 5.41. The number of fused-ring (bicyclic) bond motifs is 1. The molecule has 1 unspecified atom stereocenters. The third-order valence-electron chi connectivity index (χ3n) is 4.72. The zero-order chi connectivity index (χ0) is 22.1. The molecule has 31 heavy (non-hydrogen) atoms. The number of hydrogen-bond donors (Lipinski definition) is 3. The van der Waals surface area contributed by atoms with Crippen molar-refractivity contribution in [3.63, 3.8) is 0 Å². The second-order valence-corrected chi connectivity index (χ2v) is 7.65. The van der Waals surface area contributed by atoms with Crippen LogP contribution in [0.1, 0.15) is 27.6 Å². The Morgan fingerprint density at radius 3 is 2.32 bits per heavy atom. The largest absolute Gasteiger partial charge is 0.477 e. The third kappa shape index (κ3) is 4.27. The molecule has 0 fully saturated rings. The van der Waals surface area contributed by atoms with Crippen molar-refractivity contribution in [2.45, 2.75) is 6.10 Å². The summed E-state index contributed by atoms with van der Waals surface area (Å²) in [4.78, 5) is 26.8. The van der Waals surface area contributed by atoms with Crippen LogP contribution in [0.15, 0.2) is 71.5 Å². The van der Waals surface area contributed by atoms with Gasteiger partial charge in [-0.1, -0.05) is 47.5 Å². The monoisotopic (exact) mass is 455 g/mol. The lowest BCUT2D eigenvalue weighted by atomic mass is 9.99. The molecule has 0 aliphatic heterocycles. The zero-order valence-electron chi connectivity index (χ0n) is 15.8. The second-order valence-electron chi connectivity index (χ2n) is 6.78. The first-order valence-corrected chi connectivity index (χ1v) is 9.89. The van der Waals surface area contributed by atoms with Crippen LogP contribution in [-0.2, 0) is 0 Å². The van der Waals surface area contributed by atoms with Gasteiger partial charge in [0.2, 0.25) is 0 Å². The lowest BCUT2D eigenvalue weighted by Crippen LogP contribution is -2.19. The lowest BCUT2D eigenvalue weighted by Gasteiger charge is -2.15. The van der Waals surface area contributed by atoms with Crippen molar-refractivity contribution in [1.82, 2.24) is 4.98 Å². The molecule has 0 amide bonds. The minimum Gasteiger partial charge on any atom is -0.477 e.